The van der Waals surface area contributed by atoms with Crippen LogP contribution in [-0.4, -0.2) is 37.5 Å². The molecule has 7 heteroatoms. The van der Waals surface area contributed by atoms with Gasteiger partial charge in [0.15, 0.2) is 0 Å². The van der Waals surface area contributed by atoms with E-state index in [1.807, 2.05) is 12.1 Å². The molecule has 0 aromatic heterocycles. The van der Waals surface area contributed by atoms with Crippen molar-refractivity contribution in [3.05, 3.63) is 33.4 Å². The van der Waals surface area contributed by atoms with Crippen LogP contribution in [0, 0.1) is 3.57 Å². The number of halogens is 1. The van der Waals surface area contributed by atoms with Gasteiger partial charge in [0.05, 0.1) is 25.1 Å². The van der Waals surface area contributed by atoms with Gasteiger partial charge in [-0.2, -0.15) is 0 Å². The highest BCUT2D eigenvalue weighted by Gasteiger charge is 2.10. The van der Waals surface area contributed by atoms with E-state index in [4.69, 9.17) is 4.74 Å². The molecule has 0 heterocycles. The summed E-state index contributed by atoms with van der Waals surface area (Å²) in [4.78, 5) is 34.5. The average molecular weight is 404 g/mol. The highest BCUT2D eigenvalue weighted by molar-refractivity contribution is 14.1. The molecule has 0 unspecified atom stereocenters. The standard InChI is InChI=1S/C14H17IN2O4/c1-2-21-13(19)7-8-16-12(18)9-17-14(20)10-5-3-4-6-11(10)15/h3-6H,2,7-9H2,1H3,(H,16,18)(H,17,20). The third kappa shape index (κ3) is 6.56. The van der Waals surface area contributed by atoms with Crippen molar-refractivity contribution in [3.63, 3.8) is 0 Å². The van der Waals surface area contributed by atoms with Crippen LogP contribution in [-0.2, 0) is 14.3 Å². The number of carbonyl (C=O) groups excluding carboxylic acids is 3. The first-order chi connectivity index (χ1) is 10.0. The fraction of sp³-hybridized carbons (Fsp3) is 0.357. The molecule has 0 aliphatic carbocycles. The largest absolute Gasteiger partial charge is 0.466 e. The number of hydrogen-bond acceptors (Lipinski definition) is 4. The smallest absolute Gasteiger partial charge is 0.307 e. The van der Waals surface area contributed by atoms with Crippen LogP contribution >= 0.6 is 22.6 Å². The second-order valence-corrected chi connectivity index (χ2v) is 5.23. The van der Waals surface area contributed by atoms with Gasteiger partial charge in [0.1, 0.15) is 0 Å². The lowest BCUT2D eigenvalue weighted by atomic mass is 10.2. The number of esters is 1. The lowest BCUT2D eigenvalue weighted by Gasteiger charge is -2.07. The molecule has 1 rings (SSSR count). The zero-order chi connectivity index (χ0) is 15.7. The Hall–Kier alpha value is -1.64. The van der Waals surface area contributed by atoms with Gasteiger partial charge in [-0.05, 0) is 41.6 Å². The third-order valence-electron chi connectivity index (χ3n) is 2.48. The van der Waals surface area contributed by atoms with E-state index in [0.717, 1.165) is 3.57 Å². The van der Waals surface area contributed by atoms with Crippen LogP contribution in [0.1, 0.15) is 23.7 Å². The number of nitrogens with one attached hydrogen (secondary N) is 2. The van der Waals surface area contributed by atoms with Crippen molar-refractivity contribution in [2.75, 3.05) is 19.7 Å². The molecule has 0 saturated carbocycles. The van der Waals surface area contributed by atoms with Gasteiger partial charge in [0.2, 0.25) is 5.91 Å². The fourth-order valence-corrected chi connectivity index (χ4v) is 2.13. The predicted molar refractivity (Wildman–Crippen MR) is 85.8 cm³/mol. The van der Waals surface area contributed by atoms with Crippen LogP contribution in [0.25, 0.3) is 0 Å². The quantitative estimate of drug-likeness (QED) is 0.527. The summed E-state index contributed by atoms with van der Waals surface area (Å²) in [6.07, 6.45) is 0.115. The van der Waals surface area contributed by atoms with Crippen LogP contribution in [0.3, 0.4) is 0 Å². The minimum Gasteiger partial charge on any atom is -0.466 e. The van der Waals surface area contributed by atoms with E-state index < -0.39 is 0 Å². The molecule has 0 radical (unpaired) electrons. The lowest BCUT2D eigenvalue weighted by molar-refractivity contribution is -0.143. The topological polar surface area (TPSA) is 84.5 Å². The number of hydrogen-bond donors (Lipinski definition) is 2. The summed E-state index contributed by atoms with van der Waals surface area (Å²) in [7, 11) is 0. The molecule has 0 aliphatic rings. The molecule has 21 heavy (non-hydrogen) atoms. The van der Waals surface area contributed by atoms with E-state index >= 15 is 0 Å². The van der Waals surface area contributed by atoms with Crippen LogP contribution in [0.4, 0.5) is 0 Å². The molecule has 0 fully saturated rings. The maximum atomic E-state index is 11.9. The Kier molecular flexibility index (Phi) is 7.73. The molecule has 1 aromatic carbocycles. The SMILES string of the molecule is CCOC(=O)CCNC(=O)CNC(=O)c1ccccc1I. The number of benzene rings is 1. The van der Waals surface area contributed by atoms with Crippen molar-refractivity contribution < 1.29 is 19.1 Å². The van der Waals surface area contributed by atoms with Crippen molar-refractivity contribution in [3.8, 4) is 0 Å². The van der Waals surface area contributed by atoms with Gasteiger partial charge in [-0.3, -0.25) is 14.4 Å². The van der Waals surface area contributed by atoms with Crippen molar-refractivity contribution in [1.29, 1.82) is 0 Å². The summed E-state index contributed by atoms with van der Waals surface area (Å²) in [5.74, 6) is -1.01. The van der Waals surface area contributed by atoms with E-state index in [-0.39, 0.29) is 37.3 Å². The van der Waals surface area contributed by atoms with Crippen molar-refractivity contribution in [1.82, 2.24) is 10.6 Å². The van der Waals surface area contributed by atoms with E-state index in [2.05, 4.69) is 33.2 Å². The molecule has 2 N–H and O–H groups in total. The van der Waals surface area contributed by atoms with Crippen LogP contribution in [0.15, 0.2) is 24.3 Å². The van der Waals surface area contributed by atoms with Gasteiger partial charge in [0, 0.05) is 10.1 Å². The van der Waals surface area contributed by atoms with Crippen molar-refractivity contribution in [2.45, 2.75) is 13.3 Å². The second-order valence-electron chi connectivity index (χ2n) is 4.07. The second kappa shape index (κ2) is 9.32. The zero-order valence-corrected chi connectivity index (χ0v) is 13.8. The molecule has 6 nitrogen and oxygen atoms in total. The molecule has 0 bridgehead atoms. The number of rotatable bonds is 7. The summed E-state index contributed by atoms with van der Waals surface area (Å²) >= 11 is 2.06. The Morgan fingerprint density at radius 2 is 1.90 bits per heavy atom. The van der Waals surface area contributed by atoms with Gasteiger partial charge < -0.3 is 15.4 Å². The Labute approximate surface area is 136 Å². The Balaban J connectivity index is 2.29. The molecular formula is C14H17IN2O4. The first-order valence-corrected chi connectivity index (χ1v) is 7.57. The number of amides is 2. The maximum absolute atomic E-state index is 11.9. The first kappa shape index (κ1) is 17.4. The minimum atomic E-state index is -0.360. The summed E-state index contributed by atoms with van der Waals surface area (Å²) in [6, 6.07) is 7.10. The molecule has 114 valence electrons. The predicted octanol–water partition coefficient (Wildman–Crippen LogP) is 1.09. The molecule has 0 spiro atoms. The van der Waals surface area contributed by atoms with E-state index in [9.17, 15) is 14.4 Å². The highest BCUT2D eigenvalue weighted by atomic mass is 127. The normalized spacial score (nSPS) is 9.81. The van der Waals surface area contributed by atoms with Gasteiger partial charge in [0.25, 0.3) is 5.91 Å². The monoisotopic (exact) mass is 404 g/mol. The van der Waals surface area contributed by atoms with E-state index in [0.29, 0.717) is 12.2 Å². The first-order valence-electron chi connectivity index (χ1n) is 6.49. The number of carbonyl (C=O) groups is 3. The van der Waals surface area contributed by atoms with E-state index in [1.54, 1.807) is 19.1 Å². The molecule has 2 amide bonds. The summed E-state index contributed by atoms with van der Waals surface area (Å²) in [5.41, 5.74) is 0.525. The molecule has 1 aromatic rings. The van der Waals surface area contributed by atoms with Gasteiger partial charge in [-0.15, -0.1) is 0 Å². The zero-order valence-electron chi connectivity index (χ0n) is 11.6. The van der Waals surface area contributed by atoms with Crippen LogP contribution < -0.4 is 10.6 Å². The average Bonchev–Trinajstić information content (AvgIpc) is 2.45. The van der Waals surface area contributed by atoms with Crippen molar-refractivity contribution in [2.24, 2.45) is 0 Å². The third-order valence-corrected chi connectivity index (χ3v) is 3.43. The summed E-state index contributed by atoms with van der Waals surface area (Å²) < 4.78 is 5.55. The van der Waals surface area contributed by atoms with Gasteiger partial charge in [-0.1, -0.05) is 12.1 Å². The summed E-state index contributed by atoms with van der Waals surface area (Å²) in [6.45, 7) is 2.10. The van der Waals surface area contributed by atoms with Gasteiger partial charge >= 0.3 is 5.97 Å². The maximum Gasteiger partial charge on any atom is 0.307 e. The molecular weight excluding hydrogens is 387 g/mol. The molecule has 0 saturated heterocycles. The highest BCUT2D eigenvalue weighted by Crippen LogP contribution is 2.10. The molecule has 0 atom stereocenters. The number of ether oxygens (including phenoxy) is 1. The molecule has 0 aliphatic heterocycles. The Morgan fingerprint density at radius 3 is 2.57 bits per heavy atom. The fourth-order valence-electron chi connectivity index (χ4n) is 1.50. The lowest BCUT2D eigenvalue weighted by Crippen LogP contribution is -2.38. The Morgan fingerprint density at radius 1 is 1.19 bits per heavy atom. The van der Waals surface area contributed by atoms with Crippen LogP contribution in [0.2, 0.25) is 0 Å². The van der Waals surface area contributed by atoms with Crippen LogP contribution in [0.5, 0.6) is 0 Å². The van der Waals surface area contributed by atoms with Gasteiger partial charge in [-0.25, -0.2) is 0 Å². The minimum absolute atomic E-state index is 0.115. The van der Waals surface area contributed by atoms with E-state index in [1.165, 1.54) is 0 Å². The summed E-state index contributed by atoms with van der Waals surface area (Å²) in [5, 5.41) is 5.07. The van der Waals surface area contributed by atoms with Crippen molar-refractivity contribution >= 4 is 40.4 Å². The Bertz CT molecular complexity index is 519.